The van der Waals surface area contributed by atoms with Crippen molar-refractivity contribution in [3.05, 3.63) is 89.2 Å². The van der Waals surface area contributed by atoms with Gasteiger partial charge >= 0.3 is 12.1 Å². The molecule has 2 atom stereocenters. The van der Waals surface area contributed by atoms with Crippen LogP contribution in [0, 0.1) is 0 Å². The van der Waals surface area contributed by atoms with Crippen molar-refractivity contribution < 1.29 is 29.6 Å². The number of hydrogen-bond acceptors (Lipinski definition) is 6. The van der Waals surface area contributed by atoms with Gasteiger partial charge in [0, 0.05) is 18.7 Å². The summed E-state index contributed by atoms with van der Waals surface area (Å²) >= 11 is 0. The number of aliphatic hydroxyl groups is 2. The molecule has 33 heavy (non-hydrogen) atoms. The molecule has 170 valence electrons. The second-order valence-corrected chi connectivity index (χ2v) is 7.83. The molecule has 2 aromatic carbocycles. The Hall–Kier alpha value is -3.75. The van der Waals surface area contributed by atoms with Crippen molar-refractivity contribution in [2.45, 2.75) is 24.5 Å². The number of alkyl carbamates (subject to hydrolysis) is 1. The lowest BCUT2D eigenvalue weighted by atomic mass is 9.98. The maximum absolute atomic E-state index is 12.2. The lowest BCUT2D eigenvalue weighted by molar-refractivity contribution is 0.0135. The zero-order valence-electron chi connectivity index (χ0n) is 17.7. The molecule has 0 saturated heterocycles. The standard InChI is InChI=1S/C25H24N2O6/c28-22(23(29)15-9-11-26-21(13-15)24(30)31)10-12-27-25(32)33-14-20-18-7-3-1-5-16(18)17-6-2-4-8-19(17)20/h1-9,11,13,20,22-23,28-29H,10,12,14H2,(H,27,32)(H,30,31). The van der Waals surface area contributed by atoms with Gasteiger partial charge in [0.15, 0.2) is 0 Å². The van der Waals surface area contributed by atoms with Crippen LogP contribution in [0.1, 0.15) is 45.6 Å². The van der Waals surface area contributed by atoms with E-state index in [0.717, 1.165) is 22.3 Å². The molecule has 1 heterocycles. The van der Waals surface area contributed by atoms with E-state index >= 15 is 0 Å². The second kappa shape index (κ2) is 9.81. The topological polar surface area (TPSA) is 129 Å². The number of rotatable bonds is 8. The van der Waals surface area contributed by atoms with E-state index in [1.807, 2.05) is 36.4 Å². The highest BCUT2D eigenvalue weighted by Crippen LogP contribution is 2.44. The Bertz CT molecular complexity index is 1120. The number of carbonyl (C=O) groups excluding carboxylic acids is 1. The fourth-order valence-electron chi connectivity index (χ4n) is 4.10. The van der Waals surface area contributed by atoms with Crippen molar-refractivity contribution >= 4 is 12.1 Å². The molecule has 1 aliphatic carbocycles. The first kappa shape index (κ1) is 22.4. The van der Waals surface area contributed by atoms with Gasteiger partial charge in [-0.15, -0.1) is 0 Å². The summed E-state index contributed by atoms with van der Waals surface area (Å²) in [6.45, 7) is 0.256. The molecule has 0 aliphatic heterocycles. The molecular formula is C25H24N2O6. The van der Waals surface area contributed by atoms with Crippen molar-refractivity contribution in [1.29, 1.82) is 0 Å². The van der Waals surface area contributed by atoms with E-state index in [-0.39, 0.29) is 36.7 Å². The number of amides is 1. The van der Waals surface area contributed by atoms with Crippen LogP contribution in [0.25, 0.3) is 11.1 Å². The minimum Gasteiger partial charge on any atom is -0.477 e. The van der Waals surface area contributed by atoms with Crippen LogP contribution in [-0.2, 0) is 4.74 Å². The number of carbonyl (C=O) groups is 2. The predicted molar refractivity (Wildman–Crippen MR) is 120 cm³/mol. The lowest BCUT2D eigenvalue weighted by Crippen LogP contribution is -2.30. The maximum Gasteiger partial charge on any atom is 0.407 e. The van der Waals surface area contributed by atoms with E-state index in [4.69, 9.17) is 9.84 Å². The molecule has 8 nitrogen and oxygen atoms in total. The highest BCUT2D eigenvalue weighted by molar-refractivity contribution is 5.85. The molecule has 0 saturated carbocycles. The Labute approximate surface area is 190 Å². The number of pyridine rings is 1. The lowest BCUT2D eigenvalue weighted by Gasteiger charge is -2.19. The number of carboxylic acids is 1. The van der Waals surface area contributed by atoms with Gasteiger partial charge in [-0.25, -0.2) is 14.6 Å². The van der Waals surface area contributed by atoms with Gasteiger partial charge in [-0.2, -0.15) is 0 Å². The van der Waals surface area contributed by atoms with Crippen LogP contribution in [0.3, 0.4) is 0 Å². The van der Waals surface area contributed by atoms with Crippen LogP contribution >= 0.6 is 0 Å². The van der Waals surface area contributed by atoms with E-state index in [2.05, 4.69) is 22.4 Å². The van der Waals surface area contributed by atoms with E-state index in [0.29, 0.717) is 0 Å². The number of aliphatic hydroxyl groups excluding tert-OH is 2. The number of aromatic carboxylic acids is 1. The van der Waals surface area contributed by atoms with Gasteiger partial charge < -0.3 is 25.4 Å². The quantitative estimate of drug-likeness (QED) is 0.417. The highest BCUT2D eigenvalue weighted by Gasteiger charge is 2.29. The highest BCUT2D eigenvalue weighted by atomic mass is 16.5. The largest absolute Gasteiger partial charge is 0.477 e. The SMILES string of the molecule is O=C(NCCC(O)C(O)c1ccnc(C(=O)O)c1)OCC1c2ccccc2-c2ccccc21. The van der Waals surface area contributed by atoms with Gasteiger partial charge in [-0.3, -0.25) is 0 Å². The third-order valence-corrected chi connectivity index (χ3v) is 5.76. The Kier molecular flexibility index (Phi) is 6.67. The smallest absolute Gasteiger partial charge is 0.407 e. The number of hydrogen-bond donors (Lipinski definition) is 4. The predicted octanol–water partition coefficient (Wildman–Crippen LogP) is 3.10. The average Bonchev–Trinajstić information content (AvgIpc) is 3.16. The molecule has 3 aromatic rings. The number of nitrogens with zero attached hydrogens (tertiary/aromatic N) is 1. The van der Waals surface area contributed by atoms with Crippen LogP contribution in [0.4, 0.5) is 4.79 Å². The van der Waals surface area contributed by atoms with Crippen LogP contribution in [0.5, 0.6) is 0 Å². The summed E-state index contributed by atoms with van der Waals surface area (Å²) < 4.78 is 5.44. The number of carboxylic acid groups (broad SMARTS) is 1. The molecule has 2 unspecified atom stereocenters. The molecule has 0 bridgehead atoms. The summed E-state index contributed by atoms with van der Waals surface area (Å²) in [5, 5.41) is 32.1. The zero-order chi connectivity index (χ0) is 23.4. The average molecular weight is 448 g/mol. The molecular weight excluding hydrogens is 424 g/mol. The molecule has 8 heteroatoms. The third kappa shape index (κ3) is 4.87. The summed E-state index contributed by atoms with van der Waals surface area (Å²) in [6, 6.07) is 18.7. The fraction of sp³-hybridized carbons (Fsp3) is 0.240. The van der Waals surface area contributed by atoms with Crippen LogP contribution in [-0.4, -0.2) is 51.6 Å². The van der Waals surface area contributed by atoms with E-state index in [9.17, 15) is 19.8 Å². The normalized spacial score (nSPS) is 14.1. The first-order chi connectivity index (χ1) is 16.0. The van der Waals surface area contributed by atoms with E-state index < -0.39 is 24.3 Å². The Morgan fingerprint density at radius 3 is 2.27 bits per heavy atom. The molecule has 0 fully saturated rings. The van der Waals surface area contributed by atoms with Crippen LogP contribution in [0.15, 0.2) is 66.9 Å². The second-order valence-electron chi connectivity index (χ2n) is 7.83. The summed E-state index contributed by atoms with van der Waals surface area (Å²) in [5.74, 6) is -1.28. The van der Waals surface area contributed by atoms with Gasteiger partial charge in [0.1, 0.15) is 18.4 Å². The minimum absolute atomic E-state index is 0.0503. The molecule has 0 radical (unpaired) electrons. The number of aromatic nitrogens is 1. The van der Waals surface area contributed by atoms with Gasteiger partial charge in [-0.05, 0) is 46.4 Å². The number of benzene rings is 2. The van der Waals surface area contributed by atoms with Crippen molar-refractivity contribution in [2.24, 2.45) is 0 Å². The van der Waals surface area contributed by atoms with Gasteiger partial charge in [0.2, 0.25) is 0 Å². The summed E-state index contributed by atoms with van der Waals surface area (Å²) in [5.41, 5.74) is 4.51. The van der Waals surface area contributed by atoms with Crippen molar-refractivity contribution in [2.75, 3.05) is 13.2 Å². The number of ether oxygens (including phenoxy) is 1. The summed E-state index contributed by atoms with van der Waals surface area (Å²) in [6.07, 6.45) is -1.83. The fourth-order valence-corrected chi connectivity index (χ4v) is 4.10. The summed E-state index contributed by atoms with van der Waals surface area (Å²) in [4.78, 5) is 26.9. The van der Waals surface area contributed by atoms with Crippen molar-refractivity contribution in [1.82, 2.24) is 10.3 Å². The maximum atomic E-state index is 12.2. The van der Waals surface area contributed by atoms with E-state index in [1.54, 1.807) is 0 Å². The monoisotopic (exact) mass is 448 g/mol. The molecule has 0 spiro atoms. The summed E-state index contributed by atoms with van der Waals surface area (Å²) in [7, 11) is 0. The third-order valence-electron chi connectivity index (χ3n) is 5.76. The Morgan fingerprint density at radius 1 is 1.00 bits per heavy atom. The van der Waals surface area contributed by atoms with Crippen LogP contribution in [0.2, 0.25) is 0 Å². The Balaban J connectivity index is 1.28. The molecule has 1 amide bonds. The van der Waals surface area contributed by atoms with Crippen LogP contribution < -0.4 is 5.32 Å². The van der Waals surface area contributed by atoms with Gasteiger partial charge in [-0.1, -0.05) is 48.5 Å². The Morgan fingerprint density at radius 2 is 1.64 bits per heavy atom. The number of nitrogens with one attached hydrogen (secondary N) is 1. The van der Waals surface area contributed by atoms with Gasteiger partial charge in [0.05, 0.1) is 6.10 Å². The van der Waals surface area contributed by atoms with Crippen molar-refractivity contribution in [3.63, 3.8) is 0 Å². The van der Waals surface area contributed by atoms with Gasteiger partial charge in [0.25, 0.3) is 0 Å². The van der Waals surface area contributed by atoms with E-state index in [1.165, 1.54) is 18.3 Å². The minimum atomic E-state index is -1.31. The molecule has 1 aliphatic rings. The van der Waals surface area contributed by atoms with Crippen molar-refractivity contribution in [3.8, 4) is 11.1 Å². The zero-order valence-corrected chi connectivity index (χ0v) is 17.7. The first-order valence-electron chi connectivity index (χ1n) is 10.6. The molecule has 4 N–H and O–H groups in total. The molecule has 1 aromatic heterocycles. The first-order valence-corrected chi connectivity index (χ1v) is 10.6. The molecule has 4 rings (SSSR count). The number of fused-ring (bicyclic) bond motifs is 3.